The number of hydrogen-bond acceptors (Lipinski definition) is 5. The van der Waals surface area contributed by atoms with Crippen LogP contribution in [0.4, 0.5) is 0 Å². The van der Waals surface area contributed by atoms with Crippen LogP contribution >= 0.6 is 11.8 Å². The number of aryl methyl sites for hydroxylation is 1. The van der Waals surface area contributed by atoms with Crippen molar-refractivity contribution in [3.8, 4) is 16.9 Å². The van der Waals surface area contributed by atoms with E-state index in [2.05, 4.69) is 5.32 Å². The number of nitrogens with one attached hydrogen (secondary N) is 1. The van der Waals surface area contributed by atoms with E-state index in [0.29, 0.717) is 36.9 Å². The third-order valence-electron chi connectivity index (χ3n) is 7.62. The van der Waals surface area contributed by atoms with Crippen LogP contribution in [0, 0.1) is 12.8 Å². The van der Waals surface area contributed by atoms with Crippen molar-refractivity contribution in [3.05, 3.63) is 89.0 Å². The van der Waals surface area contributed by atoms with Gasteiger partial charge in [-0.1, -0.05) is 61.7 Å². The molecule has 6 nitrogen and oxygen atoms in total. The van der Waals surface area contributed by atoms with Gasteiger partial charge >= 0.3 is 24.8 Å². The van der Waals surface area contributed by atoms with E-state index in [4.69, 9.17) is 9.47 Å². The normalized spacial score (nSPS) is 14.0. The molecular weight excluding hydrogens is 541 g/mol. The number of aliphatic carboxylic acids is 1. The second kappa shape index (κ2) is 17.4. The van der Waals surface area contributed by atoms with Gasteiger partial charge in [0.2, 0.25) is 0 Å². The number of ether oxygens (including phenoxy) is 2. The van der Waals surface area contributed by atoms with E-state index in [9.17, 15) is 14.7 Å². The summed E-state index contributed by atoms with van der Waals surface area (Å²) in [4.78, 5) is 25.1. The molecular formula is C34H42LiNO5S. The number of carboxylic acid groups (broad SMARTS) is 1. The molecule has 0 spiro atoms. The Morgan fingerprint density at radius 3 is 2.43 bits per heavy atom. The molecule has 0 radical (unpaired) electrons. The van der Waals surface area contributed by atoms with Gasteiger partial charge in [0.1, 0.15) is 11.8 Å². The van der Waals surface area contributed by atoms with Gasteiger partial charge < -0.3 is 21.3 Å². The summed E-state index contributed by atoms with van der Waals surface area (Å²) in [6, 6.07) is 20.6. The molecule has 0 saturated heterocycles. The number of carbonyl (C=O) groups excluding carboxylic acids is 1. The Morgan fingerprint density at radius 1 is 0.976 bits per heavy atom. The quantitative estimate of drug-likeness (QED) is 0.274. The SMILES string of the molecule is CSCCC(NC(=O)c1ccc(COCc2cccc(OCC3CCCCC3)c2)cc1-c1ccccc1C)C(=O)O.[H-].[Li+]. The molecule has 0 aromatic heterocycles. The van der Waals surface area contributed by atoms with Gasteiger partial charge in [0.15, 0.2) is 0 Å². The summed E-state index contributed by atoms with van der Waals surface area (Å²) >= 11 is 1.55. The number of benzene rings is 3. The number of amides is 1. The minimum Gasteiger partial charge on any atom is -1.00 e. The van der Waals surface area contributed by atoms with Crippen molar-refractivity contribution in [1.82, 2.24) is 5.32 Å². The molecule has 0 aliphatic heterocycles. The molecule has 1 atom stereocenters. The summed E-state index contributed by atoms with van der Waals surface area (Å²) in [5.41, 5.74) is 5.14. The first-order chi connectivity index (χ1) is 19.9. The van der Waals surface area contributed by atoms with Crippen molar-refractivity contribution in [3.63, 3.8) is 0 Å². The minimum absolute atomic E-state index is 0. The van der Waals surface area contributed by atoms with E-state index in [1.54, 1.807) is 17.8 Å². The molecule has 1 fully saturated rings. The second-order valence-electron chi connectivity index (χ2n) is 10.8. The van der Waals surface area contributed by atoms with Gasteiger partial charge in [-0.25, -0.2) is 4.79 Å². The Morgan fingerprint density at radius 2 is 1.71 bits per heavy atom. The number of rotatable bonds is 14. The third-order valence-corrected chi connectivity index (χ3v) is 8.27. The van der Waals surface area contributed by atoms with Crippen molar-refractivity contribution in [2.75, 3.05) is 18.6 Å². The molecule has 3 aromatic carbocycles. The molecule has 1 aliphatic carbocycles. The zero-order chi connectivity index (χ0) is 29.0. The number of hydrogen-bond donors (Lipinski definition) is 2. The van der Waals surface area contributed by atoms with Crippen LogP contribution in [0.3, 0.4) is 0 Å². The van der Waals surface area contributed by atoms with E-state index < -0.39 is 17.9 Å². The van der Waals surface area contributed by atoms with Gasteiger partial charge in [0.05, 0.1) is 19.8 Å². The smallest absolute Gasteiger partial charge is 1.00 e. The van der Waals surface area contributed by atoms with Crippen LogP contribution in [0.2, 0.25) is 0 Å². The first-order valence-corrected chi connectivity index (χ1v) is 15.8. The first-order valence-electron chi connectivity index (χ1n) is 14.5. The van der Waals surface area contributed by atoms with Crippen molar-refractivity contribution in [2.45, 2.75) is 64.7 Å². The second-order valence-corrected chi connectivity index (χ2v) is 11.8. The van der Waals surface area contributed by atoms with Gasteiger partial charge in [-0.3, -0.25) is 4.79 Å². The first kappa shape index (κ1) is 33.8. The topological polar surface area (TPSA) is 84.9 Å². The maximum atomic E-state index is 13.3. The predicted octanol–water partition coefficient (Wildman–Crippen LogP) is 4.39. The van der Waals surface area contributed by atoms with Crippen LogP contribution in [-0.2, 0) is 22.7 Å². The fourth-order valence-electron chi connectivity index (χ4n) is 5.29. The Balaban J connectivity index is 0.00000323. The molecule has 4 rings (SSSR count). The Bertz CT molecular complexity index is 1320. The van der Waals surface area contributed by atoms with E-state index >= 15 is 0 Å². The molecule has 1 unspecified atom stereocenters. The van der Waals surface area contributed by atoms with E-state index in [0.717, 1.165) is 40.2 Å². The van der Waals surface area contributed by atoms with Crippen LogP contribution in [0.5, 0.6) is 5.75 Å². The van der Waals surface area contributed by atoms with Gasteiger partial charge in [0, 0.05) is 5.56 Å². The molecule has 3 aromatic rings. The van der Waals surface area contributed by atoms with Gasteiger partial charge in [-0.05, 0) is 96.2 Å². The average molecular weight is 584 g/mol. The fourth-order valence-corrected chi connectivity index (χ4v) is 5.76. The van der Waals surface area contributed by atoms with Crippen molar-refractivity contribution in [1.29, 1.82) is 0 Å². The Kier molecular flexibility index (Phi) is 14.0. The van der Waals surface area contributed by atoms with Crippen molar-refractivity contribution >= 4 is 23.6 Å². The fraction of sp³-hybridized carbons (Fsp3) is 0.412. The molecule has 1 aliphatic rings. The maximum Gasteiger partial charge on any atom is 1.00 e. The standard InChI is InChI=1S/C34H41NO5S.Li.H/c1-24-9-6-7-14-29(24)31-20-27(15-16-30(31)33(36)35-32(34(37)38)17-18-41-2)22-39-21-26-12-8-13-28(19-26)40-23-25-10-4-3-5-11-25;;/h6-9,12-16,19-20,25,32H,3-5,10-11,17-18,21-23H2,1-2H3,(H,35,36)(H,37,38);;/q;+1;-1. The van der Waals surface area contributed by atoms with Crippen molar-refractivity contribution in [2.24, 2.45) is 5.92 Å². The van der Waals surface area contributed by atoms with E-state index in [1.165, 1.54) is 32.1 Å². The van der Waals surface area contributed by atoms with Crippen LogP contribution in [-0.4, -0.2) is 41.6 Å². The third kappa shape index (κ3) is 9.95. The molecule has 1 saturated carbocycles. The number of carbonyl (C=O) groups is 2. The van der Waals surface area contributed by atoms with Crippen LogP contribution in [0.25, 0.3) is 11.1 Å². The summed E-state index contributed by atoms with van der Waals surface area (Å²) in [6.45, 7) is 3.59. The number of thioether (sulfide) groups is 1. The van der Waals surface area contributed by atoms with Gasteiger partial charge in [-0.15, -0.1) is 0 Å². The zero-order valence-corrected chi connectivity index (χ0v) is 25.9. The Labute approximate surface area is 267 Å². The molecule has 8 heteroatoms. The molecule has 1 amide bonds. The summed E-state index contributed by atoms with van der Waals surface area (Å²) < 4.78 is 12.2. The largest absolute Gasteiger partial charge is 1.00 e. The van der Waals surface area contributed by atoms with Gasteiger partial charge in [-0.2, -0.15) is 11.8 Å². The van der Waals surface area contributed by atoms with E-state index in [1.807, 2.05) is 73.8 Å². The van der Waals surface area contributed by atoms with Crippen molar-refractivity contribution < 1.29 is 44.5 Å². The van der Waals surface area contributed by atoms with E-state index in [-0.39, 0.29) is 20.3 Å². The molecule has 0 heterocycles. The van der Waals surface area contributed by atoms with Gasteiger partial charge in [0.25, 0.3) is 5.91 Å². The monoisotopic (exact) mass is 583 g/mol. The van der Waals surface area contributed by atoms with Crippen LogP contribution in [0.1, 0.15) is 67.0 Å². The Hall–Kier alpha value is -2.69. The molecule has 2 N–H and O–H groups in total. The predicted molar refractivity (Wildman–Crippen MR) is 167 cm³/mol. The summed E-state index contributed by atoms with van der Waals surface area (Å²) in [5.74, 6) is 0.758. The summed E-state index contributed by atoms with van der Waals surface area (Å²) in [6.07, 6.45) is 8.74. The zero-order valence-electron chi connectivity index (χ0n) is 26.1. The summed E-state index contributed by atoms with van der Waals surface area (Å²) in [7, 11) is 0. The molecule has 0 bridgehead atoms. The average Bonchev–Trinajstić information content (AvgIpc) is 2.99. The maximum absolute atomic E-state index is 13.3. The van der Waals surface area contributed by atoms with Crippen LogP contribution < -0.4 is 28.9 Å². The molecule has 42 heavy (non-hydrogen) atoms. The molecule has 220 valence electrons. The van der Waals surface area contributed by atoms with Crippen LogP contribution in [0.15, 0.2) is 66.7 Å². The summed E-state index contributed by atoms with van der Waals surface area (Å²) in [5, 5.41) is 12.3. The minimum atomic E-state index is -1.03. The number of carboxylic acids is 1.